The zero-order valence-electron chi connectivity index (χ0n) is 15.4. The maximum atomic E-state index is 13.0. The van der Waals surface area contributed by atoms with Crippen molar-refractivity contribution in [3.05, 3.63) is 48.5 Å². The second-order valence-corrected chi connectivity index (χ2v) is 6.81. The molecule has 0 aliphatic carbocycles. The fourth-order valence-corrected chi connectivity index (χ4v) is 3.43. The smallest absolute Gasteiger partial charge is 0.253 e. The first-order chi connectivity index (χ1) is 13.2. The number of likely N-dealkylation sites (tertiary alicyclic amines) is 1. The molecule has 1 saturated heterocycles. The van der Waals surface area contributed by atoms with Crippen molar-refractivity contribution >= 4 is 11.7 Å². The van der Waals surface area contributed by atoms with Crippen LogP contribution < -0.4 is 0 Å². The molecular formula is C20H23N5O2. The Labute approximate surface area is 158 Å². The molecule has 1 aliphatic heterocycles. The predicted octanol–water partition coefficient (Wildman–Crippen LogP) is 2.82. The largest absolute Gasteiger partial charge is 0.376 e. The molecule has 1 amide bonds. The Balaban J connectivity index is 1.53. The SMILES string of the molecule is CCCO[C@@H]1CCCN(C(=O)c2cccc(-c3cnc4ncnn4c3)c2)C1. The van der Waals surface area contributed by atoms with E-state index >= 15 is 0 Å². The van der Waals surface area contributed by atoms with Crippen LogP contribution in [0.3, 0.4) is 0 Å². The zero-order chi connectivity index (χ0) is 18.6. The quantitative estimate of drug-likeness (QED) is 0.695. The van der Waals surface area contributed by atoms with Gasteiger partial charge in [0.15, 0.2) is 0 Å². The highest BCUT2D eigenvalue weighted by Gasteiger charge is 2.25. The van der Waals surface area contributed by atoms with Crippen LogP contribution in [0.5, 0.6) is 0 Å². The van der Waals surface area contributed by atoms with Crippen LogP contribution in [0.4, 0.5) is 0 Å². The summed E-state index contributed by atoms with van der Waals surface area (Å²) < 4.78 is 7.49. The minimum absolute atomic E-state index is 0.0523. The van der Waals surface area contributed by atoms with Gasteiger partial charge in [-0.05, 0) is 37.0 Å². The van der Waals surface area contributed by atoms with Crippen LogP contribution in [0, 0.1) is 0 Å². The molecule has 140 valence electrons. The molecule has 1 aromatic carbocycles. The highest BCUT2D eigenvalue weighted by molar-refractivity contribution is 5.95. The summed E-state index contributed by atoms with van der Waals surface area (Å²) in [4.78, 5) is 23.3. The first kappa shape index (κ1) is 17.6. The van der Waals surface area contributed by atoms with Crippen molar-refractivity contribution in [2.24, 2.45) is 0 Å². The minimum Gasteiger partial charge on any atom is -0.376 e. The van der Waals surface area contributed by atoms with Crippen LogP contribution >= 0.6 is 0 Å². The van der Waals surface area contributed by atoms with E-state index in [1.165, 1.54) is 6.33 Å². The van der Waals surface area contributed by atoms with Crippen molar-refractivity contribution in [1.82, 2.24) is 24.5 Å². The molecule has 0 bridgehead atoms. The van der Waals surface area contributed by atoms with Crippen molar-refractivity contribution in [1.29, 1.82) is 0 Å². The summed E-state index contributed by atoms with van der Waals surface area (Å²) in [7, 11) is 0. The van der Waals surface area contributed by atoms with Gasteiger partial charge < -0.3 is 9.64 Å². The molecule has 1 fully saturated rings. The third-order valence-corrected chi connectivity index (χ3v) is 4.80. The van der Waals surface area contributed by atoms with Gasteiger partial charge in [-0.3, -0.25) is 4.79 Å². The summed E-state index contributed by atoms with van der Waals surface area (Å²) in [6.07, 6.45) is 8.23. The van der Waals surface area contributed by atoms with Crippen molar-refractivity contribution in [3.8, 4) is 11.1 Å². The number of aromatic nitrogens is 4. The lowest BCUT2D eigenvalue weighted by atomic mass is 10.0. The maximum Gasteiger partial charge on any atom is 0.253 e. The van der Waals surface area contributed by atoms with Gasteiger partial charge in [-0.1, -0.05) is 19.1 Å². The molecule has 0 radical (unpaired) electrons. The lowest BCUT2D eigenvalue weighted by Gasteiger charge is -2.32. The predicted molar refractivity (Wildman–Crippen MR) is 101 cm³/mol. The summed E-state index contributed by atoms with van der Waals surface area (Å²) in [5, 5.41) is 4.12. The number of benzene rings is 1. The number of carbonyl (C=O) groups excluding carboxylic acids is 1. The Bertz CT molecular complexity index is 939. The van der Waals surface area contributed by atoms with Crippen LogP contribution in [0.2, 0.25) is 0 Å². The molecule has 0 N–H and O–H groups in total. The van der Waals surface area contributed by atoms with Crippen LogP contribution in [0.25, 0.3) is 16.9 Å². The summed E-state index contributed by atoms with van der Waals surface area (Å²) in [6, 6.07) is 7.66. The molecule has 3 aromatic rings. The van der Waals surface area contributed by atoms with Gasteiger partial charge in [0, 0.05) is 43.2 Å². The molecule has 7 heteroatoms. The number of rotatable bonds is 5. The molecule has 0 spiro atoms. The van der Waals surface area contributed by atoms with E-state index in [1.54, 1.807) is 10.7 Å². The van der Waals surface area contributed by atoms with E-state index in [-0.39, 0.29) is 12.0 Å². The second kappa shape index (κ2) is 7.84. The maximum absolute atomic E-state index is 13.0. The van der Waals surface area contributed by atoms with E-state index < -0.39 is 0 Å². The summed E-state index contributed by atoms with van der Waals surface area (Å²) >= 11 is 0. The third-order valence-electron chi connectivity index (χ3n) is 4.80. The van der Waals surface area contributed by atoms with Crippen LogP contribution in [-0.4, -0.2) is 56.2 Å². The third kappa shape index (κ3) is 3.83. The van der Waals surface area contributed by atoms with Crippen LogP contribution in [-0.2, 0) is 4.74 Å². The van der Waals surface area contributed by atoms with E-state index in [4.69, 9.17) is 4.74 Å². The molecule has 0 unspecified atom stereocenters. The number of fused-ring (bicyclic) bond motifs is 1. The van der Waals surface area contributed by atoms with Gasteiger partial charge >= 0.3 is 0 Å². The van der Waals surface area contributed by atoms with Gasteiger partial charge in [0.05, 0.1) is 6.10 Å². The average Bonchev–Trinajstić information content (AvgIpc) is 3.20. The summed E-state index contributed by atoms with van der Waals surface area (Å²) in [5.74, 6) is 0.605. The second-order valence-electron chi connectivity index (χ2n) is 6.81. The lowest BCUT2D eigenvalue weighted by molar-refractivity contribution is 0.00211. The number of nitrogens with zero attached hydrogens (tertiary/aromatic N) is 5. The summed E-state index contributed by atoms with van der Waals surface area (Å²) in [5.41, 5.74) is 2.51. The molecule has 4 rings (SSSR count). The van der Waals surface area contributed by atoms with Gasteiger partial charge in [0.25, 0.3) is 11.7 Å². The highest BCUT2D eigenvalue weighted by atomic mass is 16.5. The first-order valence-electron chi connectivity index (χ1n) is 9.41. The molecular weight excluding hydrogens is 342 g/mol. The fourth-order valence-electron chi connectivity index (χ4n) is 3.43. The minimum atomic E-state index is 0.0523. The van der Waals surface area contributed by atoms with Crippen molar-refractivity contribution in [2.75, 3.05) is 19.7 Å². The molecule has 7 nitrogen and oxygen atoms in total. The molecule has 2 aromatic heterocycles. The number of amides is 1. The monoisotopic (exact) mass is 365 g/mol. The Hall–Kier alpha value is -2.80. The van der Waals surface area contributed by atoms with Crippen LogP contribution in [0.1, 0.15) is 36.5 Å². The molecule has 27 heavy (non-hydrogen) atoms. The van der Waals surface area contributed by atoms with E-state index in [0.29, 0.717) is 17.9 Å². The highest BCUT2D eigenvalue weighted by Crippen LogP contribution is 2.22. The van der Waals surface area contributed by atoms with Crippen molar-refractivity contribution < 1.29 is 9.53 Å². The topological polar surface area (TPSA) is 72.6 Å². The Kier molecular flexibility index (Phi) is 5.11. The number of carbonyl (C=O) groups is 1. The summed E-state index contributed by atoms with van der Waals surface area (Å²) in [6.45, 7) is 4.29. The van der Waals surface area contributed by atoms with E-state index in [0.717, 1.165) is 43.5 Å². The van der Waals surface area contributed by atoms with E-state index in [2.05, 4.69) is 22.0 Å². The van der Waals surface area contributed by atoms with Crippen LogP contribution in [0.15, 0.2) is 43.0 Å². The van der Waals surface area contributed by atoms with E-state index in [1.807, 2.05) is 35.4 Å². The number of hydrogen-bond donors (Lipinski definition) is 0. The van der Waals surface area contributed by atoms with Gasteiger partial charge in [-0.2, -0.15) is 10.1 Å². The van der Waals surface area contributed by atoms with Gasteiger partial charge in [0.1, 0.15) is 6.33 Å². The fraction of sp³-hybridized carbons (Fsp3) is 0.400. The van der Waals surface area contributed by atoms with Gasteiger partial charge in [0.2, 0.25) is 0 Å². The van der Waals surface area contributed by atoms with Gasteiger partial charge in [-0.25, -0.2) is 9.50 Å². The molecule has 1 atom stereocenters. The zero-order valence-corrected chi connectivity index (χ0v) is 15.4. The molecule has 0 saturated carbocycles. The van der Waals surface area contributed by atoms with Crippen molar-refractivity contribution in [3.63, 3.8) is 0 Å². The first-order valence-corrected chi connectivity index (χ1v) is 9.41. The average molecular weight is 365 g/mol. The standard InChI is InChI=1S/C20H23N5O2/c1-2-9-27-18-7-4-8-24(13-18)19(26)16-6-3-5-15(10-16)17-11-21-20-22-14-23-25(20)12-17/h3,5-6,10-12,14,18H,2,4,7-9,13H2,1H3/t18-/m1/s1. The Morgan fingerprint density at radius 1 is 1.30 bits per heavy atom. The lowest BCUT2D eigenvalue weighted by Crippen LogP contribution is -2.43. The van der Waals surface area contributed by atoms with Gasteiger partial charge in [-0.15, -0.1) is 0 Å². The Morgan fingerprint density at radius 2 is 2.22 bits per heavy atom. The normalized spacial score (nSPS) is 17.4. The molecule has 1 aliphatic rings. The number of hydrogen-bond acceptors (Lipinski definition) is 5. The number of piperidine rings is 1. The molecule has 3 heterocycles. The van der Waals surface area contributed by atoms with E-state index in [9.17, 15) is 4.79 Å². The number of ether oxygens (including phenoxy) is 1. The Morgan fingerprint density at radius 3 is 3.11 bits per heavy atom. The van der Waals surface area contributed by atoms with Crippen molar-refractivity contribution in [2.45, 2.75) is 32.3 Å².